The molecule has 3 rings (SSSR count). The maximum atomic E-state index is 10.6. The van der Waals surface area contributed by atoms with E-state index in [0.717, 1.165) is 5.56 Å². The highest BCUT2D eigenvalue weighted by Crippen LogP contribution is 2.32. The fourth-order valence-corrected chi connectivity index (χ4v) is 3.14. The molecule has 0 aliphatic heterocycles. The summed E-state index contributed by atoms with van der Waals surface area (Å²) in [4.78, 5) is 5.53. The fraction of sp³-hybridized carbons (Fsp3) is 0.227. The summed E-state index contributed by atoms with van der Waals surface area (Å²) in [7, 11) is 3.14. The lowest BCUT2D eigenvalue weighted by atomic mass is 10.0. The van der Waals surface area contributed by atoms with Crippen LogP contribution in [0.2, 0.25) is 0 Å². The molecule has 5 nitrogen and oxygen atoms in total. The molecule has 0 saturated heterocycles. The van der Waals surface area contributed by atoms with E-state index in [2.05, 4.69) is 17.1 Å². The quantitative estimate of drug-likeness (QED) is 0.566. The zero-order valence-corrected chi connectivity index (χ0v) is 16.9. The van der Waals surface area contributed by atoms with Crippen LogP contribution in [0, 0.1) is 0 Å². The molecule has 2 aromatic carbocycles. The Hall–Kier alpha value is -2.70. The lowest BCUT2D eigenvalue weighted by molar-refractivity contribution is 0.218. The minimum absolute atomic E-state index is 0.444. The normalized spacial score (nSPS) is 11.7. The molecule has 0 bridgehead atoms. The molecular formula is C22H23NO4S. The molecule has 0 amide bonds. The van der Waals surface area contributed by atoms with E-state index in [4.69, 9.17) is 14.2 Å². The van der Waals surface area contributed by atoms with Crippen molar-refractivity contribution in [2.75, 3.05) is 20.5 Å². The Morgan fingerprint density at radius 3 is 2.25 bits per heavy atom. The van der Waals surface area contributed by atoms with E-state index in [1.807, 2.05) is 18.4 Å². The average molecular weight is 397 g/mol. The first-order valence-electron chi connectivity index (χ1n) is 8.76. The van der Waals surface area contributed by atoms with Crippen LogP contribution >= 0.6 is 11.8 Å². The van der Waals surface area contributed by atoms with E-state index in [1.165, 1.54) is 4.90 Å². The number of nitrogens with zero attached hydrogens (tertiary/aromatic N) is 1. The SMILES string of the molecule is COc1ccc(C(O)c2ccc(OCc3ccc(SC)cc3)nc2)cc1OC. The Balaban J connectivity index is 1.66. The number of aliphatic hydroxyl groups is 1. The largest absolute Gasteiger partial charge is 0.493 e. The summed E-state index contributed by atoms with van der Waals surface area (Å²) in [6.45, 7) is 0.444. The molecule has 1 aromatic heterocycles. The van der Waals surface area contributed by atoms with Crippen LogP contribution in [0.4, 0.5) is 0 Å². The van der Waals surface area contributed by atoms with E-state index in [9.17, 15) is 5.11 Å². The maximum absolute atomic E-state index is 10.6. The van der Waals surface area contributed by atoms with Crippen LogP contribution < -0.4 is 14.2 Å². The molecule has 1 N–H and O–H groups in total. The second-order valence-corrected chi connectivity index (χ2v) is 6.96. The first kappa shape index (κ1) is 20.0. The molecule has 6 heteroatoms. The van der Waals surface area contributed by atoms with Gasteiger partial charge in [0.2, 0.25) is 5.88 Å². The van der Waals surface area contributed by atoms with Crippen LogP contribution in [0.25, 0.3) is 0 Å². The van der Waals surface area contributed by atoms with Crippen molar-refractivity contribution >= 4 is 11.8 Å². The molecule has 1 heterocycles. The Morgan fingerprint density at radius 2 is 1.64 bits per heavy atom. The third-order valence-corrected chi connectivity index (χ3v) is 5.09. The van der Waals surface area contributed by atoms with Crippen molar-refractivity contribution in [1.29, 1.82) is 0 Å². The van der Waals surface area contributed by atoms with Crippen molar-refractivity contribution < 1.29 is 19.3 Å². The van der Waals surface area contributed by atoms with Gasteiger partial charge in [0.25, 0.3) is 0 Å². The van der Waals surface area contributed by atoms with Gasteiger partial charge in [0, 0.05) is 22.7 Å². The van der Waals surface area contributed by atoms with Gasteiger partial charge >= 0.3 is 0 Å². The first-order chi connectivity index (χ1) is 13.6. The van der Waals surface area contributed by atoms with Crippen LogP contribution in [0.1, 0.15) is 22.8 Å². The molecule has 0 radical (unpaired) electrons. The van der Waals surface area contributed by atoms with Crippen LogP contribution in [0.3, 0.4) is 0 Å². The summed E-state index contributed by atoms with van der Waals surface area (Å²) < 4.78 is 16.3. The standard InChI is InChI=1S/C22H23NO4S/c1-25-19-10-6-16(12-20(19)26-2)22(24)17-7-11-21(23-13-17)27-14-15-4-8-18(28-3)9-5-15/h4-13,22,24H,14H2,1-3H3. The molecule has 0 aliphatic rings. The van der Waals surface area contributed by atoms with Crippen LogP contribution in [-0.2, 0) is 6.61 Å². The lowest BCUT2D eigenvalue weighted by Crippen LogP contribution is -2.03. The van der Waals surface area contributed by atoms with Crippen molar-refractivity contribution in [3.05, 3.63) is 77.5 Å². The smallest absolute Gasteiger partial charge is 0.213 e. The number of aliphatic hydroxyl groups excluding tert-OH is 1. The molecule has 0 saturated carbocycles. The van der Waals surface area contributed by atoms with E-state index < -0.39 is 6.10 Å². The highest BCUT2D eigenvalue weighted by molar-refractivity contribution is 7.98. The van der Waals surface area contributed by atoms with Crippen LogP contribution in [0.5, 0.6) is 17.4 Å². The third kappa shape index (κ3) is 4.77. The number of ether oxygens (including phenoxy) is 3. The van der Waals surface area contributed by atoms with Gasteiger partial charge in [-0.05, 0) is 47.7 Å². The Kier molecular flexibility index (Phi) is 6.79. The van der Waals surface area contributed by atoms with Crippen molar-refractivity contribution in [2.24, 2.45) is 0 Å². The summed E-state index contributed by atoms with van der Waals surface area (Å²) in [6, 6.07) is 17.1. The summed E-state index contributed by atoms with van der Waals surface area (Å²) in [5.74, 6) is 1.70. The highest BCUT2D eigenvalue weighted by atomic mass is 32.2. The van der Waals surface area contributed by atoms with E-state index >= 15 is 0 Å². The number of thioether (sulfide) groups is 1. The molecule has 1 atom stereocenters. The molecular weight excluding hydrogens is 374 g/mol. The van der Waals surface area contributed by atoms with Crippen LogP contribution in [0.15, 0.2) is 65.7 Å². The molecule has 28 heavy (non-hydrogen) atoms. The van der Waals surface area contributed by atoms with Crippen molar-refractivity contribution in [3.8, 4) is 17.4 Å². The molecule has 0 fully saturated rings. The zero-order valence-electron chi connectivity index (χ0n) is 16.1. The van der Waals surface area contributed by atoms with Gasteiger partial charge in [-0.1, -0.05) is 18.2 Å². The number of hydrogen-bond donors (Lipinski definition) is 1. The summed E-state index contributed by atoms with van der Waals surface area (Å²) >= 11 is 1.71. The van der Waals surface area contributed by atoms with E-state index in [1.54, 1.807) is 62.5 Å². The highest BCUT2D eigenvalue weighted by Gasteiger charge is 2.14. The number of aromatic nitrogens is 1. The molecule has 1 unspecified atom stereocenters. The summed E-state index contributed by atoms with van der Waals surface area (Å²) in [6.07, 6.45) is 2.85. The van der Waals surface area contributed by atoms with Gasteiger partial charge < -0.3 is 19.3 Å². The monoisotopic (exact) mass is 397 g/mol. The van der Waals surface area contributed by atoms with E-state index in [0.29, 0.717) is 35.1 Å². The van der Waals surface area contributed by atoms with Gasteiger partial charge in [-0.2, -0.15) is 0 Å². The predicted octanol–water partition coefficient (Wildman–Crippen LogP) is 4.48. The minimum atomic E-state index is -0.819. The van der Waals surface area contributed by atoms with Crippen molar-refractivity contribution in [3.63, 3.8) is 0 Å². The lowest BCUT2D eigenvalue weighted by Gasteiger charge is -2.15. The van der Waals surface area contributed by atoms with Crippen molar-refractivity contribution in [1.82, 2.24) is 4.98 Å². The molecule has 146 valence electrons. The predicted molar refractivity (Wildman–Crippen MR) is 110 cm³/mol. The first-order valence-corrected chi connectivity index (χ1v) is 9.98. The molecule has 0 aliphatic carbocycles. The Labute approximate surface area is 169 Å². The Bertz CT molecular complexity index is 897. The van der Waals surface area contributed by atoms with E-state index in [-0.39, 0.29) is 0 Å². The van der Waals surface area contributed by atoms with Gasteiger partial charge in [-0.25, -0.2) is 4.98 Å². The zero-order chi connectivity index (χ0) is 19.9. The van der Waals surface area contributed by atoms with Gasteiger partial charge in [0.15, 0.2) is 11.5 Å². The van der Waals surface area contributed by atoms with Gasteiger partial charge in [-0.3, -0.25) is 0 Å². The number of pyridine rings is 1. The topological polar surface area (TPSA) is 60.8 Å². The summed E-state index contributed by atoms with van der Waals surface area (Å²) in [5.41, 5.74) is 2.44. The maximum Gasteiger partial charge on any atom is 0.213 e. The van der Waals surface area contributed by atoms with Crippen molar-refractivity contribution in [2.45, 2.75) is 17.6 Å². The average Bonchev–Trinajstić information content (AvgIpc) is 2.77. The fourth-order valence-electron chi connectivity index (χ4n) is 2.73. The second kappa shape index (κ2) is 9.48. The number of hydrogen-bond acceptors (Lipinski definition) is 6. The van der Waals surface area contributed by atoms with Gasteiger partial charge in [0.1, 0.15) is 12.7 Å². The van der Waals surface area contributed by atoms with Gasteiger partial charge in [-0.15, -0.1) is 11.8 Å². The third-order valence-electron chi connectivity index (χ3n) is 4.34. The van der Waals surface area contributed by atoms with Gasteiger partial charge in [0.05, 0.1) is 14.2 Å². The number of benzene rings is 2. The molecule has 0 spiro atoms. The van der Waals surface area contributed by atoms with Crippen LogP contribution in [-0.4, -0.2) is 30.6 Å². The number of methoxy groups -OCH3 is 2. The minimum Gasteiger partial charge on any atom is -0.493 e. The second-order valence-electron chi connectivity index (χ2n) is 6.08. The molecule has 3 aromatic rings. The summed E-state index contributed by atoms with van der Waals surface area (Å²) in [5, 5.41) is 10.6. The Morgan fingerprint density at radius 1 is 0.929 bits per heavy atom. The number of rotatable bonds is 8.